The van der Waals surface area contributed by atoms with Gasteiger partial charge in [0.25, 0.3) is 0 Å². The normalized spacial score (nSPS) is 13.4. The van der Waals surface area contributed by atoms with E-state index in [0.29, 0.717) is 6.04 Å². The average Bonchev–Trinajstić information content (AvgIpc) is 2.38. The van der Waals surface area contributed by atoms with Gasteiger partial charge in [0.2, 0.25) is 10.0 Å². The number of hydrogen-bond acceptors (Lipinski definition) is 5. The van der Waals surface area contributed by atoms with Crippen LogP contribution in [0.15, 0.2) is 23.1 Å². The molecule has 0 heterocycles. The molecule has 0 aromatic heterocycles. The van der Waals surface area contributed by atoms with Crippen LogP contribution in [0.3, 0.4) is 0 Å². The fourth-order valence-electron chi connectivity index (χ4n) is 2.44. The molecule has 0 aliphatic carbocycles. The van der Waals surface area contributed by atoms with Gasteiger partial charge in [-0.2, -0.15) is 0 Å². The minimum absolute atomic E-state index is 0.116. The molecule has 21 heavy (non-hydrogen) atoms. The molecule has 0 spiro atoms. The van der Waals surface area contributed by atoms with Gasteiger partial charge in [-0.25, -0.2) is 13.1 Å². The van der Waals surface area contributed by atoms with E-state index < -0.39 is 10.0 Å². The summed E-state index contributed by atoms with van der Waals surface area (Å²) in [5.41, 5.74) is 7.11. The summed E-state index contributed by atoms with van der Waals surface area (Å²) in [4.78, 5) is 4.44. The molecule has 3 N–H and O–H groups in total. The predicted octanol–water partition coefficient (Wildman–Crippen LogP) is 0.953. The van der Waals surface area contributed by atoms with Gasteiger partial charge in [0.05, 0.1) is 5.69 Å². The van der Waals surface area contributed by atoms with E-state index in [9.17, 15) is 8.42 Å². The molecule has 0 fully saturated rings. The molecule has 120 valence electrons. The van der Waals surface area contributed by atoms with Gasteiger partial charge >= 0.3 is 0 Å². The molecule has 0 bridgehead atoms. The lowest BCUT2D eigenvalue weighted by molar-refractivity contribution is 0.373. The number of sulfonamides is 1. The van der Waals surface area contributed by atoms with Gasteiger partial charge in [-0.3, -0.25) is 0 Å². The van der Waals surface area contributed by atoms with Gasteiger partial charge < -0.3 is 15.5 Å². The van der Waals surface area contributed by atoms with Gasteiger partial charge in [-0.15, -0.1) is 0 Å². The number of nitrogen functional groups attached to an aromatic ring is 1. The zero-order chi connectivity index (χ0) is 16.2. The van der Waals surface area contributed by atoms with Crippen molar-refractivity contribution in [3.8, 4) is 0 Å². The summed E-state index contributed by atoms with van der Waals surface area (Å²) in [7, 11) is 1.91. The quantitative estimate of drug-likeness (QED) is 0.733. The summed E-state index contributed by atoms with van der Waals surface area (Å²) in [6.07, 6.45) is 0. The molecule has 0 radical (unpaired) electrons. The Morgan fingerprint density at radius 2 is 1.95 bits per heavy atom. The van der Waals surface area contributed by atoms with Crippen LogP contribution < -0.4 is 15.4 Å². The Morgan fingerprint density at radius 1 is 1.33 bits per heavy atom. The SMILES string of the molecule is CCN(c1ccc(S(=O)(=O)NC)c(N)c1)C(C)CN(C)C. The van der Waals surface area contributed by atoms with Gasteiger partial charge in [-0.1, -0.05) is 0 Å². The number of hydrogen-bond donors (Lipinski definition) is 2. The molecule has 1 rings (SSSR count). The van der Waals surface area contributed by atoms with Crippen LogP contribution in [-0.2, 0) is 10.0 Å². The minimum atomic E-state index is -3.52. The van der Waals surface area contributed by atoms with E-state index in [2.05, 4.69) is 28.4 Å². The van der Waals surface area contributed by atoms with Crippen LogP contribution in [0, 0.1) is 0 Å². The Morgan fingerprint density at radius 3 is 2.38 bits per heavy atom. The van der Waals surface area contributed by atoms with E-state index in [1.807, 2.05) is 14.1 Å². The number of likely N-dealkylation sites (N-methyl/N-ethyl adjacent to an activating group) is 2. The first-order valence-electron chi connectivity index (χ1n) is 6.97. The second-order valence-corrected chi connectivity index (χ2v) is 7.18. The number of nitrogens with one attached hydrogen (secondary N) is 1. The van der Waals surface area contributed by atoms with Crippen molar-refractivity contribution in [2.45, 2.75) is 24.8 Å². The summed E-state index contributed by atoms with van der Waals surface area (Å²) < 4.78 is 26.0. The summed E-state index contributed by atoms with van der Waals surface area (Å²) in [5.74, 6) is 0. The van der Waals surface area contributed by atoms with Crippen LogP contribution in [0.5, 0.6) is 0 Å². The fourth-order valence-corrected chi connectivity index (χ4v) is 3.28. The molecule has 1 aromatic rings. The highest BCUT2D eigenvalue weighted by Gasteiger charge is 2.19. The van der Waals surface area contributed by atoms with E-state index in [1.54, 1.807) is 18.2 Å². The second kappa shape index (κ2) is 7.11. The number of nitrogens with two attached hydrogens (primary N) is 1. The molecular formula is C14H26N4O2S. The Kier molecular flexibility index (Phi) is 6.00. The molecule has 1 atom stereocenters. The minimum Gasteiger partial charge on any atom is -0.398 e. The van der Waals surface area contributed by atoms with Crippen molar-refractivity contribution < 1.29 is 8.42 Å². The first-order chi connectivity index (χ1) is 9.72. The van der Waals surface area contributed by atoms with Gasteiger partial charge in [0, 0.05) is 24.8 Å². The van der Waals surface area contributed by atoms with E-state index in [0.717, 1.165) is 18.8 Å². The maximum atomic E-state index is 11.8. The van der Waals surface area contributed by atoms with Crippen molar-refractivity contribution in [2.24, 2.45) is 0 Å². The maximum Gasteiger partial charge on any atom is 0.242 e. The Balaban J connectivity index is 3.12. The number of nitrogens with zero attached hydrogens (tertiary/aromatic N) is 2. The first kappa shape index (κ1) is 17.7. The van der Waals surface area contributed by atoms with Crippen molar-refractivity contribution in [3.05, 3.63) is 18.2 Å². The third-order valence-corrected chi connectivity index (χ3v) is 4.87. The highest BCUT2D eigenvalue weighted by Crippen LogP contribution is 2.26. The van der Waals surface area contributed by atoms with Crippen LogP contribution in [0.2, 0.25) is 0 Å². The van der Waals surface area contributed by atoms with Crippen LogP contribution in [0.1, 0.15) is 13.8 Å². The van der Waals surface area contributed by atoms with Crippen molar-refractivity contribution >= 4 is 21.4 Å². The molecule has 0 saturated heterocycles. The Bertz CT molecular complexity index is 572. The third kappa shape index (κ3) is 4.33. The van der Waals surface area contributed by atoms with Crippen molar-refractivity contribution in [1.29, 1.82) is 0 Å². The van der Waals surface area contributed by atoms with Gasteiger partial charge in [0.15, 0.2) is 0 Å². The highest BCUT2D eigenvalue weighted by atomic mass is 32.2. The third-order valence-electron chi connectivity index (χ3n) is 3.39. The smallest absolute Gasteiger partial charge is 0.242 e. The number of benzene rings is 1. The van der Waals surface area contributed by atoms with Crippen LogP contribution in [0.4, 0.5) is 11.4 Å². The fraction of sp³-hybridized carbons (Fsp3) is 0.571. The summed E-state index contributed by atoms with van der Waals surface area (Å²) in [6.45, 7) is 5.94. The molecule has 0 aliphatic heterocycles. The van der Waals surface area contributed by atoms with E-state index in [4.69, 9.17) is 5.73 Å². The number of anilines is 2. The monoisotopic (exact) mass is 314 g/mol. The van der Waals surface area contributed by atoms with Crippen LogP contribution in [-0.4, -0.2) is 53.6 Å². The summed E-state index contributed by atoms with van der Waals surface area (Å²) >= 11 is 0. The molecule has 0 saturated carbocycles. The van der Waals surface area contributed by atoms with Crippen molar-refractivity contribution in [1.82, 2.24) is 9.62 Å². The molecular weight excluding hydrogens is 288 g/mol. The maximum absolute atomic E-state index is 11.8. The average molecular weight is 314 g/mol. The van der Waals surface area contributed by atoms with E-state index >= 15 is 0 Å². The topological polar surface area (TPSA) is 78.7 Å². The van der Waals surface area contributed by atoms with Gasteiger partial charge in [-0.05, 0) is 53.2 Å². The summed E-state index contributed by atoms with van der Waals surface area (Å²) in [6, 6.07) is 5.38. The zero-order valence-electron chi connectivity index (χ0n) is 13.4. The second-order valence-electron chi connectivity index (χ2n) is 5.33. The van der Waals surface area contributed by atoms with Crippen LogP contribution >= 0.6 is 0 Å². The molecule has 7 heteroatoms. The van der Waals surface area contributed by atoms with Crippen molar-refractivity contribution in [2.75, 3.05) is 44.9 Å². The number of rotatable bonds is 7. The molecule has 6 nitrogen and oxygen atoms in total. The Labute approximate surface area is 128 Å². The largest absolute Gasteiger partial charge is 0.398 e. The molecule has 1 unspecified atom stereocenters. The lowest BCUT2D eigenvalue weighted by Crippen LogP contribution is -2.40. The highest BCUT2D eigenvalue weighted by molar-refractivity contribution is 7.89. The van der Waals surface area contributed by atoms with Crippen LogP contribution in [0.25, 0.3) is 0 Å². The first-order valence-corrected chi connectivity index (χ1v) is 8.45. The zero-order valence-corrected chi connectivity index (χ0v) is 14.2. The van der Waals surface area contributed by atoms with E-state index in [1.165, 1.54) is 7.05 Å². The Hall–Kier alpha value is -1.31. The van der Waals surface area contributed by atoms with Crippen molar-refractivity contribution in [3.63, 3.8) is 0 Å². The molecule has 1 aromatic carbocycles. The van der Waals surface area contributed by atoms with E-state index in [-0.39, 0.29) is 10.6 Å². The van der Waals surface area contributed by atoms with Gasteiger partial charge in [0.1, 0.15) is 4.90 Å². The molecule has 0 amide bonds. The standard InChI is InChI=1S/C14H26N4O2S/c1-6-18(11(2)10-17(4)5)12-7-8-14(13(15)9-12)21(19,20)16-3/h7-9,11,16H,6,10,15H2,1-5H3. The lowest BCUT2D eigenvalue weighted by Gasteiger charge is -2.32. The predicted molar refractivity (Wildman–Crippen MR) is 88.1 cm³/mol. The lowest BCUT2D eigenvalue weighted by atomic mass is 10.2. The molecule has 0 aliphatic rings. The summed E-state index contributed by atoms with van der Waals surface area (Å²) in [5, 5.41) is 0.